The lowest BCUT2D eigenvalue weighted by Gasteiger charge is -2.13. The molecule has 0 bridgehead atoms. The fourth-order valence-electron chi connectivity index (χ4n) is 3.42. The summed E-state index contributed by atoms with van der Waals surface area (Å²) in [5.41, 5.74) is 2.65. The normalized spacial score (nSPS) is 10.9. The maximum atomic E-state index is 13.5. The van der Waals surface area contributed by atoms with Gasteiger partial charge in [0.1, 0.15) is 16.8 Å². The van der Waals surface area contributed by atoms with Gasteiger partial charge in [-0.2, -0.15) is 10.5 Å². The second kappa shape index (κ2) is 9.42. The molecule has 0 unspecified atom stereocenters. The van der Waals surface area contributed by atoms with Gasteiger partial charge in [0, 0.05) is 5.56 Å². The topological polar surface area (TPSA) is 97.3 Å². The quantitative estimate of drug-likeness (QED) is 0.596. The van der Waals surface area contributed by atoms with Crippen LogP contribution in [0.2, 0.25) is 0 Å². The van der Waals surface area contributed by atoms with E-state index in [2.05, 4.69) is 0 Å². The highest BCUT2D eigenvalue weighted by molar-refractivity contribution is 7.07. The Morgan fingerprint density at radius 1 is 1.00 bits per heavy atom. The third-order valence-electron chi connectivity index (χ3n) is 4.88. The minimum absolute atomic E-state index is 0.133. The van der Waals surface area contributed by atoms with Crippen molar-refractivity contribution < 1.29 is 14.2 Å². The summed E-state index contributed by atoms with van der Waals surface area (Å²) in [6.07, 6.45) is 1.66. The van der Waals surface area contributed by atoms with Gasteiger partial charge in [-0.15, -0.1) is 11.3 Å². The van der Waals surface area contributed by atoms with Crippen LogP contribution in [0.1, 0.15) is 16.7 Å². The third-order valence-corrected chi connectivity index (χ3v) is 5.97. The zero-order valence-corrected chi connectivity index (χ0v) is 19.2. The fourth-order valence-corrected chi connectivity index (χ4v) is 4.46. The number of hydrogen-bond donors (Lipinski definition) is 0. The zero-order chi connectivity index (χ0) is 23.4. The molecule has 7 nitrogen and oxygen atoms in total. The molecule has 0 atom stereocenters. The largest absolute Gasteiger partial charge is 0.493 e. The van der Waals surface area contributed by atoms with Crippen LogP contribution < -0.4 is 29.0 Å². The van der Waals surface area contributed by atoms with Gasteiger partial charge in [0.15, 0.2) is 17.1 Å². The van der Waals surface area contributed by atoms with E-state index in [1.807, 2.05) is 44.2 Å². The van der Waals surface area contributed by atoms with E-state index in [9.17, 15) is 15.3 Å². The molecule has 0 radical (unpaired) electrons. The van der Waals surface area contributed by atoms with Crippen molar-refractivity contribution in [2.24, 2.45) is 0 Å². The number of nitrogens with zero attached hydrogens (tertiary/aromatic N) is 3. The van der Waals surface area contributed by atoms with Crippen molar-refractivity contribution in [3.05, 3.63) is 66.6 Å². The molecule has 0 saturated carbocycles. The summed E-state index contributed by atoms with van der Waals surface area (Å²) in [4.78, 5) is 13.5. The molecule has 32 heavy (non-hydrogen) atoms. The predicted molar refractivity (Wildman–Crippen MR) is 123 cm³/mol. The standard InChI is InChI=1S/C24H21N3O4S/c1-14-6-8-18(15(2)10-14)27-23(28)20(32-24(27)17(12-25)13-26)11-16-7-9-19(29-3)22(31-5)21(16)30-4/h6-11H,1-5H3/b20-11-. The minimum atomic E-state index is -0.336. The molecular formula is C24H21N3O4S. The molecule has 162 valence electrons. The molecule has 0 fully saturated rings. The van der Waals surface area contributed by atoms with E-state index in [-0.39, 0.29) is 15.8 Å². The van der Waals surface area contributed by atoms with Gasteiger partial charge >= 0.3 is 0 Å². The van der Waals surface area contributed by atoms with Crippen LogP contribution in [0.15, 0.2) is 35.1 Å². The van der Waals surface area contributed by atoms with Crippen LogP contribution in [0, 0.1) is 36.5 Å². The number of methoxy groups -OCH3 is 3. The highest BCUT2D eigenvalue weighted by atomic mass is 32.1. The summed E-state index contributed by atoms with van der Waals surface area (Å²) >= 11 is 1.07. The van der Waals surface area contributed by atoms with E-state index in [1.165, 1.54) is 25.9 Å². The van der Waals surface area contributed by atoms with Crippen LogP contribution >= 0.6 is 11.3 Å². The summed E-state index contributed by atoms with van der Waals surface area (Å²) in [5.74, 6) is 1.30. The van der Waals surface area contributed by atoms with Crippen LogP contribution in [0.3, 0.4) is 0 Å². The number of aryl methyl sites for hydroxylation is 2. The van der Waals surface area contributed by atoms with Crippen molar-refractivity contribution in [3.63, 3.8) is 0 Å². The molecule has 0 spiro atoms. The monoisotopic (exact) mass is 447 g/mol. The molecule has 1 aromatic heterocycles. The van der Waals surface area contributed by atoms with Crippen LogP contribution in [-0.2, 0) is 0 Å². The van der Waals surface area contributed by atoms with E-state index in [0.29, 0.717) is 33.0 Å². The SMILES string of the molecule is COc1ccc(/C=c2\sc(=C(C#N)C#N)n(-c3ccc(C)cc3C)c2=O)c(OC)c1OC. The highest BCUT2D eigenvalue weighted by Gasteiger charge is 2.17. The Balaban J connectivity index is 2.43. The van der Waals surface area contributed by atoms with Crippen molar-refractivity contribution in [1.29, 1.82) is 10.5 Å². The lowest BCUT2D eigenvalue weighted by Crippen LogP contribution is -2.31. The molecule has 0 amide bonds. The fraction of sp³-hybridized carbons (Fsp3) is 0.208. The molecule has 8 heteroatoms. The number of ether oxygens (including phenoxy) is 3. The third kappa shape index (κ3) is 3.96. The van der Waals surface area contributed by atoms with Crippen molar-refractivity contribution >= 4 is 23.0 Å². The lowest BCUT2D eigenvalue weighted by atomic mass is 10.1. The van der Waals surface area contributed by atoms with Gasteiger partial charge in [0.25, 0.3) is 5.56 Å². The Bertz CT molecular complexity index is 1440. The van der Waals surface area contributed by atoms with Gasteiger partial charge in [0.05, 0.1) is 31.5 Å². The first-order valence-electron chi connectivity index (χ1n) is 9.54. The summed E-state index contributed by atoms with van der Waals surface area (Å²) < 4.78 is 18.3. The van der Waals surface area contributed by atoms with E-state index in [0.717, 1.165) is 22.5 Å². The van der Waals surface area contributed by atoms with Gasteiger partial charge in [-0.05, 0) is 43.7 Å². The second-order valence-corrected chi connectivity index (χ2v) is 7.90. The highest BCUT2D eigenvalue weighted by Crippen LogP contribution is 2.39. The number of hydrogen-bond acceptors (Lipinski definition) is 7. The van der Waals surface area contributed by atoms with Crippen molar-refractivity contribution in [1.82, 2.24) is 4.57 Å². The van der Waals surface area contributed by atoms with E-state index < -0.39 is 0 Å². The summed E-state index contributed by atoms with van der Waals surface area (Å²) in [6, 6.07) is 12.9. The number of rotatable bonds is 5. The molecule has 3 rings (SSSR count). The molecule has 0 aliphatic rings. The van der Waals surface area contributed by atoms with Gasteiger partial charge in [-0.3, -0.25) is 9.36 Å². The number of thiazole rings is 1. The Kier molecular flexibility index (Phi) is 6.67. The van der Waals surface area contributed by atoms with Gasteiger partial charge in [-0.25, -0.2) is 0 Å². The van der Waals surface area contributed by atoms with Gasteiger partial charge < -0.3 is 14.2 Å². The van der Waals surface area contributed by atoms with Crippen LogP contribution in [0.5, 0.6) is 17.2 Å². The van der Waals surface area contributed by atoms with E-state index in [1.54, 1.807) is 18.2 Å². The van der Waals surface area contributed by atoms with Gasteiger partial charge in [-0.1, -0.05) is 17.7 Å². The molecule has 2 aromatic carbocycles. The number of benzene rings is 2. The predicted octanol–water partition coefficient (Wildman–Crippen LogP) is 2.57. The Hall–Kier alpha value is -4.01. The lowest BCUT2D eigenvalue weighted by molar-refractivity contribution is 0.324. The van der Waals surface area contributed by atoms with E-state index in [4.69, 9.17) is 14.2 Å². The van der Waals surface area contributed by atoms with Crippen LogP contribution in [0.25, 0.3) is 17.3 Å². The number of nitriles is 2. The van der Waals surface area contributed by atoms with Crippen molar-refractivity contribution in [2.75, 3.05) is 21.3 Å². The average molecular weight is 448 g/mol. The average Bonchev–Trinajstić information content (AvgIpc) is 3.09. The first-order valence-corrected chi connectivity index (χ1v) is 10.4. The molecule has 1 heterocycles. The van der Waals surface area contributed by atoms with E-state index >= 15 is 0 Å². The Labute approximate surface area is 189 Å². The molecule has 0 saturated heterocycles. The first kappa shape index (κ1) is 22.7. The van der Waals surface area contributed by atoms with Crippen molar-refractivity contribution in [3.8, 4) is 35.1 Å². The van der Waals surface area contributed by atoms with Crippen LogP contribution in [-0.4, -0.2) is 25.9 Å². The van der Waals surface area contributed by atoms with Crippen LogP contribution in [0.4, 0.5) is 0 Å². The summed E-state index contributed by atoms with van der Waals surface area (Å²) in [6.45, 7) is 3.84. The molecule has 0 N–H and O–H groups in total. The first-order chi connectivity index (χ1) is 15.4. The van der Waals surface area contributed by atoms with Gasteiger partial charge in [0.2, 0.25) is 5.75 Å². The Morgan fingerprint density at radius 2 is 1.69 bits per heavy atom. The summed E-state index contributed by atoms with van der Waals surface area (Å²) in [5, 5.41) is 19.0. The van der Waals surface area contributed by atoms with Crippen molar-refractivity contribution in [2.45, 2.75) is 13.8 Å². The molecule has 0 aliphatic carbocycles. The molecule has 0 aliphatic heterocycles. The zero-order valence-electron chi connectivity index (χ0n) is 18.3. The smallest absolute Gasteiger partial charge is 0.273 e. The summed E-state index contributed by atoms with van der Waals surface area (Å²) in [7, 11) is 4.53. The maximum Gasteiger partial charge on any atom is 0.273 e. The second-order valence-electron chi connectivity index (χ2n) is 6.87. The molecular weight excluding hydrogens is 426 g/mol. The minimum Gasteiger partial charge on any atom is -0.493 e. The maximum absolute atomic E-state index is 13.5. The number of aromatic nitrogens is 1. The Morgan fingerprint density at radius 3 is 2.25 bits per heavy atom. The molecule has 3 aromatic rings.